The summed E-state index contributed by atoms with van der Waals surface area (Å²) in [7, 11) is 2.20. The molecule has 1 saturated heterocycles. The lowest BCUT2D eigenvalue weighted by Gasteiger charge is -2.35. The molecule has 0 aliphatic carbocycles. The van der Waals surface area contributed by atoms with Gasteiger partial charge < -0.3 is 10.2 Å². The fourth-order valence-electron chi connectivity index (χ4n) is 2.67. The van der Waals surface area contributed by atoms with Gasteiger partial charge >= 0.3 is 0 Å². The molecule has 2 atom stereocenters. The lowest BCUT2D eigenvalue weighted by molar-refractivity contribution is 0.190. The normalized spacial score (nSPS) is 23.7. The molecule has 0 saturated carbocycles. The van der Waals surface area contributed by atoms with Crippen molar-refractivity contribution >= 4 is 5.69 Å². The number of anilines is 1. The van der Waals surface area contributed by atoms with Gasteiger partial charge in [0.25, 0.3) is 0 Å². The molecular weight excluding hydrogens is 250 g/mol. The Morgan fingerprint density at radius 1 is 1.35 bits per heavy atom. The molecule has 0 bridgehead atoms. The van der Waals surface area contributed by atoms with Gasteiger partial charge in [0.2, 0.25) is 0 Å². The molecule has 2 aromatic rings. The molecule has 0 radical (unpaired) electrons. The molecule has 1 fully saturated rings. The first kappa shape index (κ1) is 13.1. The second-order valence-electron chi connectivity index (χ2n) is 5.55. The maximum absolute atomic E-state index is 4.45. The van der Waals surface area contributed by atoms with Crippen LogP contribution in [0.4, 0.5) is 5.69 Å². The topological polar surface area (TPSA) is 46.0 Å². The van der Waals surface area contributed by atoms with Gasteiger partial charge in [0.05, 0.1) is 11.9 Å². The third-order valence-corrected chi connectivity index (χ3v) is 4.07. The van der Waals surface area contributed by atoms with Crippen LogP contribution in [0.5, 0.6) is 0 Å². The Kier molecular flexibility index (Phi) is 3.69. The van der Waals surface area contributed by atoms with E-state index >= 15 is 0 Å². The molecule has 1 aliphatic heterocycles. The van der Waals surface area contributed by atoms with Crippen LogP contribution in [0.15, 0.2) is 36.8 Å². The Bertz CT molecular complexity index is 534. The Balaban J connectivity index is 1.64. The maximum Gasteiger partial charge on any atom is 0.153 e. The maximum atomic E-state index is 4.45. The van der Waals surface area contributed by atoms with E-state index in [1.807, 2.05) is 24.5 Å². The number of hydrogen-bond acceptors (Lipinski definition) is 4. The summed E-state index contributed by atoms with van der Waals surface area (Å²) in [5.41, 5.74) is 1.09. The standard InChI is InChI=1S/C15H21N5/c1-12-10-13(6-9-19(12)2)18-14-4-5-15(16-11-14)20-8-3-7-17-20/h3-5,7-8,11-13,18H,6,9-10H2,1-2H3. The minimum Gasteiger partial charge on any atom is -0.381 e. The highest BCUT2D eigenvalue weighted by atomic mass is 15.3. The smallest absolute Gasteiger partial charge is 0.153 e. The molecule has 3 rings (SSSR count). The molecule has 0 amide bonds. The van der Waals surface area contributed by atoms with Crippen molar-refractivity contribution in [1.29, 1.82) is 0 Å². The van der Waals surface area contributed by atoms with Crippen LogP contribution in [0, 0.1) is 0 Å². The molecule has 0 spiro atoms. The van der Waals surface area contributed by atoms with Crippen LogP contribution < -0.4 is 5.32 Å². The van der Waals surface area contributed by atoms with E-state index < -0.39 is 0 Å². The number of pyridine rings is 1. The quantitative estimate of drug-likeness (QED) is 0.929. The van der Waals surface area contributed by atoms with Gasteiger partial charge in [-0.1, -0.05) is 0 Å². The molecule has 0 aromatic carbocycles. The first-order valence-corrected chi connectivity index (χ1v) is 7.15. The lowest BCUT2D eigenvalue weighted by Crippen LogP contribution is -2.42. The van der Waals surface area contributed by atoms with Crippen LogP contribution in [0.3, 0.4) is 0 Å². The van der Waals surface area contributed by atoms with E-state index in [0.29, 0.717) is 12.1 Å². The first-order chi connectivity index (χ1) is 9.72. The van der Waals surface area contributed by atoms with Gasteiger partial charge in [0, 0.05) is 31.0 Å². The molecule has 5 heteroatoms. The average Bonchev–Trinajstić information content (AvgIpc) is 2.98. The van der Waals surface area contributed by atoms with E-state index in [4.69, 9.17) is 0 Å². The number of rotatable bonds is 3. The lowest BCUT2D eigenvalue weighted by atomic mass is 9.99. The summed E-state index contributed by atoms with van der Waals surface area (Å²) in [6.07, 6.45) is 7.90. The summed E-state index contributed by atoms with van der Waals surface area (Å²) >= 11 is 0. The van der Waals surface area contributed by atoms with Crippen LogP contribution in [0.1, 0.15) is 19.8 Å². The van der Waals surface area contributed by atoms with Crippen LogP contribution in [-0.2, 0) is 0 Å². The molecule has 3 heterocycles. The second kappa shape index (κ2) is 5.63. The molecule has 106 valence electrons. The molecule has 2 unspecified atom stereocenters. The van der Waals surface area contributed by atoms with Crippen molar-refractivity contribution in [3.8, 4) is 5.82 Å². The average molecular weight is 271 g/mol. The minimum absolute atomic E-state index is 0.540. The van der Waals surface area contributed by atoms with E-state index in [-0.39, 0.29) is 0 Å². The molecule has 1 N–H and O–H groups in total. The van der Waals surface area contributed by atoms with Gasteiger partial charge in [0.1, 0.15) is 0 Å². The third kappa shape index (κ3) is 2.82. The highest BCUT2D eigenvalue weighted by molar-refractivity contribution is 5.44. The van der Waals surface area contributed by atoms with Crippen molar-refractivity contribution in [3.63, 3.8) is 0 Å². The van der Waals surface area contributed by atoms with Gasteiger partial charge in [-0.25, -0.2) is 9.67 Å². The number of likely N-dealkylation sites (tertiary alicyclic amines) is 1. The monoisotopic (exact) mass is 271 g/mol. The van der Waals surface area contributed by atoms with Crippen molar-refractivity contribution in [2.75, 3.05) is 18.9 Å². The van der Waals surface area contributed by atoms with E-state index in [0.717, 1.165) is 18.1 Å². The first-order valence-electron chi connectivity index (χ1n) is 7.15. The predicted octanol–water partition coefficient (Wildman–Crippen LogP) is 2.16. The number of hydrogen-bond donors (Lipinski definition) is 1. The number of nitrogens with one attached hydrogen (secondary N) is 1. The van der Waals surface area contributed by atoms with E-state index in [2.05, 4.69) is 40.3 Å². The Morgan fingerprint density at radius 3 is 2.90 bits per heavy atom. The number of nitrogens with zero attached hydrogens (tertiary/aromatic N) is 4. The van der Waals surface area contributed by atoms with E-state index in [1.54, 1.807) is 10.9 Å². The van der Waals surface area contributed by atoms with Gasteiger partial charge in [-0.3, -0.25) is 0 Å². The zero-order chi connectivity index (χ0) is 13.9. The third-order valence-electron chi connectivity index (χ3n) is 4.07. The summed E-state index contributed by atoms with van der Waals surface area (Å²) in [6.45, 7) is 3.44. The number of aromatic nitrogens is 3. The fourth-order valence-corrected chi connectivity index (χ4v) is 2.67. The van der Waals surface area contributed by atoms with Crippen molar-refractivity contribution in [2.24, 2.45) is 0 Å². The Labute approximate surface area is 119 Å². The molecule has 5 nitrogen and oxygen atoms in total. The van der Waals surface area contributed by atoms with Gasteiger partial charge in [-0.05, 0) is 45.0 Å². The summed E-state index contributed by atoms with van der Waals surface area (Å²) in [5, 5.41) is 7.76. The van der Waals surface area contributed by atoms with E-state index in [9.17, 15) is 0 Å². The zero-order valence-electron chi connectivity index (χ0n) is 12.0. The van der Waals surface area contributed by atoms with Crippen LogP contribution in [0.25, 0.3) is 5.82 Å². The summed E-state index contributed by atoms with van der Waals surface area (Å²) in [4.78, 5) is 6.86. The summed E-state index contributed by atoms with van der Waals surface area (Å²) < 4.78 is 1.77. The highest BCUT2D eigenvalue weighted by Crippen LogP contribution is 2.19. The Morgan fingerprint density at radius 2 is 2.25 bits per heavy atom. The Hall–Kier alpha value is -1.88. The van der Waals surface area contributed by atoms with Crippen molar-refractivity contribution in [3.05, 3.63) is 36.8 Å². The molecule has 20 heavy (non-hydrogen) atoms. The van der Waals surface area contributed by atoms with Crippen molar-refractivity contribution in [1.82, 2.24) is 19.7 Å². The van der Waals surface area contributed by atoms with Gasteiger partial charge in [-0.15, -0.1) is 0 Å². The van der Waals surface area contributed by atoms with Crippen molar-refractivity contribution < 1.29 is 0 Å². The summed E-state index contributed by atoms with van der Waals surface area (Å²) in [6, 6.07) is 7.14. The highest BCUT2D eigenvalue weighted by Gasteiger charge is 2.22. The zero-order valence-corrected chi connectivity index (χ0v) is 12.0. The second-order valence-corrected chi connectivity index (χ2v) is 5.55. The predicted molar refractivity (Wildman–Crippen MR) is 80.1 cm³/mol. The molecular formula is C15H21N5. The SMILES string of the molecule is CC1CC(Nc2ccc(-n3cccn3)nc2)CCN1C. The molecule has 2 aromatic heterocycles. The minimum atomic E-state index is 0.540. The van der Waals surface area contributed by atoms with Crippen LogP contribution >= 0.6 is 0 Å². The van der Waals surface area contributed by atoms with Gasteiger partial charge in [0.15, 0.2) is 5.82 Å². The van der Waals surface area contributed by atoms with Crippen LogP contribution in [0.2, 0.25) is 0 Å². The van der Waals surface area contributed by atoms with E-state index in [1.165, 1.54) is 12.8 Å². The number of piperidine rings is 1. The summed E-state index contributed by atoms with van der Waals surface area (Å²) in [5.74, 6) is 0.845. The fraction of sp³-hybridized carbons (Fsp3) is 0.467. The molecule has 1 aliphatic rings. The van der Waals surface area contributed by atoms with Gasteiger partial charge in [-0.2, -0.15) is 5.10 Å². The largest absolute Gasteiger partial charge is 0.381 e. The van der Waals surface area contributed by atoms with Crippen LogP contribution in [-0.4, -0.2) is 45.3 Å². The van der Waals surface area contributed by atoms with Crippen molar-refractivity contribution in [2.45, 2.75) is 31.8 Å².